The Bertz CT molecular complexity index is 419. The Morgan fingerprint density at radius 1 is 1.35 bits per heavy atom. The predicted molar refractivity (Wildman–Crippen MR) is 61.3 cm³/mol. The summed E-state index contributed by atoms with van der Waals surface area (Å²) < 4.78 is 26.6. The first-order valence-corrected chi connectivity index (χ1v) is 5.29. The van der Waals surface area contributed by atoms with Crippen LogP contribution in [-0.2, 0) is 11.2 Å². The molecular weight excluding hydrogens is 228 g/mol. The van der Waals surface area contributed by atoms with Gasteiger partial charge in [-0.15, -0.1) is 0 Å². The van der Waals surface area contributed by atoms with E-state index in [2.05, 4.69) is 0 Å². The van der Waals surface area contributed by atoms with Crippen LogP contribution in [0.25, 0.3) is 0 Å². The van der Waals surface area contributed by atoms with Gasteiger partial charge >= 0.3 is 5.97 Å². The van der Waals surface area contributed by atoms with Crippen molar-refractivity contribution in [1.29, 1.82) is 0 Å². The number of carboxylic acid groups (broad SMARTS) is 1. The third-order valence-corrected chi connectivity index (χ3v) is 2.41. The number of anilines is 1. The lowest BCUT2D eigenvalue weighted by molar-refractivity contribution is -0.137. The van der Waals surface area contributed by atoms with Gasteiger partial charge in [0.15, 0.2) is 11.6 Å². The maximum absolute atomic E-state index is 13.4. The molecule has 1 N–H and O–H groups in total. The van der Waals surface area contributed by atoms with Gasteiger partial charge in [-0.2, -0.15) is 0 Å². The molecule has 0 aromatic heterocycles. The lowest BCUT2D eigenvalue weighted by Crippen LogP contribution is -2.12. The van der Waals surface area contributed by atoms with E-state index in [9.17, 15) is 13.6 Å². The van der Waals surface area contributed by atoms with E-state index in [0.29, 0.717) is 18.4 Å². The minimum absolute atomic E-state index is 0.0241. The zero-order valence-corrected chi connectivity index (χ0v) is 9.83. The Hall–Kier alpha value is -1.65. The molecule has 0 aliphatic rings. The molecule has 5 heteroatoms. The lowest BCUT2D eigenvalue weighted by Gasteiger charge is -2.15. The first-order valence-electron chi connectivity index (χ1n) is 5.29. The fourth-order valence-corrected chi connectivity index (χ4v) is 1.54. The van der Waals surface area contributed by atoms with Gasteiger partial charge in [0.2, 0.25) is 0 Å². The highest BCUT2D eigenvalue weighted by Gasteiger charge is 2.12. The van der Waals surface area contributed by atoms with Crippen LogP contribution in [0.3, 0.4) is 0 Å². The second-order valence-electron chi connectivity index (χ2n) is 4.05. The van der Waals surface area contributed by atoms with Gasteiger partial charge in [-0.05, 0) is 30.5 Å². The van der Waals surface area contributed by atoms with Crippen molar-refractivity contribution in [2.24, 2.45) is 0 Å². The molecule has 3 nitrogen and oxygen atoms in total. The van der Waals surface area contributed by atoms with Gasteiger partial charge in [-0.1, -0.05) is 0 Å². The second kappa shape index (κ2) is 5.61. The summed E-state index contributed by atoms with van der Waals surface area (Å²) >= 11 is 0. The maximum atomic E-state index is 13.4. The standard InChI is InChI=1S/C12H15F2NO2/c1-15(2)10-7-8(4-3-5-11(16)17)6-9(13)12(10)14/h6-7H,3-5H2,1-2H3,(H,16,17). The van der Waals surface area contributed by atoms with E-state index >= 15 is 0 Å². The van der Waals surface area contributed by atoms with Crippen LogP contribution in [0.15, 0.2) is 12.1 Å². The highest BCUT2D eigenvalue weighted by Crippen LogP contribution is 2.23. The van der Waals surface area contributed by atoms with Crippen molar-refractivity contribution < 1.29 is 18.7 Å². The summed E-state index contributed by atoms with van der Waals surface area (Å²) in [5, 5.41) is 8.49. The van der Waals surface area contributed by atoms with E-state index in [1.807, 2.05) is 0 Å². The molecule has 0 bridgehead atoms. The fourth-order valence-electron chi connectivity index (χ4n) is 1.54. The van der Waals surface area contributed by atoms with Crippen LogP contribution in [0.5, 0.6) is 0 Å². The monoisotopic (exact) mass is 243 g/mol. The number of benzene rings is 1. The molecule has 1 rings (SSSR count). The Morgan fingerprint density at radius 3 is 2.53 bits per heavy atom. The zero-order chi connectivity index (χ0) is 13.0. The molecule has 94 valence electrons. The molecule has 0 amide bonds. The van der Waals surface area contributed by atoms with Gasteiger partial charge in [0, 0.05) is 20.5 Å². The van der Waals surface area contributed by atoms with Crippen molar-refractivity contribution in [2.75, 3.05) is 19.0 Å². The van der Waals surface area contributed by atoms with Gasteiger partial charge < -0.3 is 10.0 Å². The van der Waals surface area contributed by atoms with E-state index in [1.54, 1.807) is 20.2 Å². The van der Waals surface area contributed by atoms with E-state index in [4.69, 9.17) is 5.11 Å². The number of nitrogens with zero attached hydrogens (tertiary/aromatic N) is 1. The predicted octanol–water partition coefficient (Wildman–Crippen LogP) is 2.44. The molecule has 0 unspecified atom stereocenters. The summed E-state index contributed by atoms with van der Waals surface area (Å²) in [5.74, 6) is -2.67. The van der Waals surface area contributed by atoms with Crippen molar-refractivity contribution in [3.63, 3.8) is 0 Å². The van der Waals surface area contributed by atoms with Crippen LogP contribution >= 0.6 is 0 Å². The third kappa shape index (κ3) is 3.69. The van der Waals surface area contributed by atoms with Crippen molar-refractivity contribution in [2.45, 2.75) is 19.3 Å². The van der Waals surface area contributed by atoms with Gasteiger partial charge in [-0.25, -0.2) is 8.78 Å². The molecule has 0 aliphatic heterocycles. The van der Waals surface area contributed by atoms with Crippen LogP contribution in [0.4, 0.5) is 14.5 Å². The number of aryl methyl sites for hydroxylation is 1. The maximum Gasteiger partial charge on any atom is 0.303 e. The van der Waals surface area contributed by atoms with Crippen molar-refractivity contribution in [3.05, 3.63) is 29.3 Å². The average molecular weight is 243 g/mol. The summed E-state index contributed by atoms with van der Waals surface area (Å²) in [4.78, 5) is 11.8. The largest absolute Gasteiger partial charge is 0.481 e. The van der Waals surface area contributed by atoms with Crippen LogP contribution in [0, 0.1) is 11.6 Å². The topological polar surface area (TPSA) is 40.5 Å². The molecule has 0 aliphatic carbocycles. The van der Waals surface area contributed by atoms with Crippen LogP contribution in [0.1, 0.15) is 18.4 Å². The van der Waals surface area contributed by atoms with E-state index in [0.717, 1.165) is 6.07 Å². The number of rotatable bonds is 5. The van der Waals surface area contributed by atoms with Gasteiger partial charge in [0.1, 0.15) is 0 Å². The number of carbonyl (C=O) groups is 1. The molecule has 0 spiro atoms. The smallest absolute Gasteiger partial charge is 0.303 e. The second-order valence-corrected chi connectivity index (χ2v) is 4.05. The Kier molecular flexibility index (Phi) is 4.43. The summed E-state index contributed by atoms with van der Waals surface area (Å²) in [6.07, 6.45) is 0.855. The Labute approximate surface area is 98.7 Å². The van der Waals surface area contributed by atoms with E-state index in [1.165, 1.54) is 4.90 Å². The van der Waals surface area contributed by atoms with Gasteiger partial charge in [0.05, 0.1) is 5.69 Å². The number of carboxylic acids is 1. The summed E-state index contributed by atoms with van der Waals surface area (Å²) in [5.41, 5.74) is 0.782. The first-order chi connectivity index (χ1) is 7.91. The molecule has 0 radical (unpaired) electrons. The molecular formula is C12H15F2NO2. The lowest BCUT2D eigenvalue weighted by atomic mass is 10.1. The van der Waals surface area contributed by atoms with Crippen molar-refractivity contribution in [3.8, 4) is 0 Å². The first kappa shape index (κ1) is 13.4. The highest BCUT2D eigenvalue weighted by molar-refractivity contribution is 5.66. The number of halogens is 2. The molecule has 0 saturated heterocycles. The number of aliphatic carboxylic acids is 1. The van der Waals surface area contributed by atoms with Gasteiger partial charge in [0.25, 0.3) is 0 Å². The molecule has 1 aromatic rings. The minimum atomic E-state index is -0.901. The van der Waals surface area contributed by atoms with Gasteiger partial charge in [-0.3, -0.25) is 4.79 Å². The van der Waals surface area contributed by atoms with Crippen molar-refractivity contribution >= 4 is 11.7 Å². The molecule has 0 heterocycles. The summed E-state index contributed by atoms with van der Waals surface area (Å²) in [6.45, 7) is 0. The quantitative estimate of drug-likeness (QED) is 0.863. The van der Waals surface area contributed by atoms with Crippen LogP contribution in [-0.4, -0.2) is 25.2 Å². The molecule has 17 heavy (non-hydrogen) atoms. The highest BCUT2D eigenvalue weighted by atomic mass is 19.2. The van der Waals surface area contributed by atoms with E-state index in [-0.39, 0.29) is 12.1 Å². The normalized spacial score (nSPS) is 10.4. The van der Waals surface area contributed by atoms with Crippen molar-refractivity contribution in [1.82, 2.24) is 0 Å². The number of hydrogen-bond donors (Lipinski definition) is 1. The molecule has 0 saturated carbocycles. The summed E-state index contributed by atoms with van der Waals surface area (Å²) in [7, 11) is 3.25. The average Bonchev–Trinajstić information content (AvgIpc) is 2.22. The zero-order valence-electron chi connectivity index (χ0n) is 9.83. The van der Waals surface area contributed by atoms with E-state index < -0.39 is 17.6 Å². The third-order valence-electron chi connectivity index (χ3n) is 2.41. The van der Waals surface area contributed by atoms with Crippen LogP contribution < -0.4 is 4.90 Å². The Morgan fingerprint density at radius 2 is 2.00 bits per heavy atom. The summed E-state index contributed by atoms with van der Waals surface area (Å²) in [6, 6.07) is 2.66. The SMILES string of the molecule is CN(C)c1cc(CCCC(=O)O)cc(F)c1F. The number of hydrogen-bond acceptors (Lipinski definition) is 2. The molecule has 1 aromatic carbocycles. The molecule has 0 atom stereocenters. The van der Waals surface area contributed by atoms with Crippen LogP contribution in [0.2, 0.25) is 0 Å². The molecule has 0 fully saturated rings. The fraction of sp³-hybridized carbons (Fsp3) is 0.417. The Balaban J connectivity index is 2.83. The minimum Gasteiger partial charge on any atom is -0.481 e.